The maximum absolute atomic E-state index is 9.58. The number of ether oxygens (including phenoxy) is 3. The first kappa shape index (κ1) is 35.4. The molecule has 16 nitrogen and oxygen atoms in total. The van der Waals surface area contributed by atoms with E-state index < -0.39 is 11.9 Å². The number of piperidine rings is 1. The lowest BCUT2D eigenvalue weighted by Crippen LogP contribution is -2.51. The van der Waals surface area contributed by atoms with Crippen molar-refractivity contribution >= 4 is 23.6 Å². The molecule has 0 aliphatic carbocycles. The number of nitrogens with one attached hydrogen (secondary N) is 1. The molecule has 2 aliphatic heterocycles. The number of hydrogen-bond donors (Lipinski definition) is 3. The highest BCUT2D eigenvalue weighted by Gasteiger charge is 2.30. The van der Waals surface area contributed by atoms with Crippen molar-refractivity contribution in [1.29, 1.82) is 5.26 Å². The van der Waals surface area contributed by atoms with Crippen LogP contribution in [0.2, 0.25) is 0 Å². The van der Waals surface area contributed by atoms with Gasteiger partial charge >= 0.3 is 11.9 Å². The zero-order chi connectivity index (χ0) is 35.5. The average Bonchev–Trinajstić information content (AvgIpc) is 3.60. The quantitative estimate of drug-likeness (QED) is 0.182. The molecule has 4 heterocycles. The number of likely N-dealkylation sites (tertiary alicyclic amines) is 1. The number of aliphatic carboxylic acids is 2. The molecule has 0 unspecified atom stereocenters. The highest BCUT2D eigenvalue weighted by atomic mass is 16.5. The molecule has 6 rings (SSSR count). The van der Waals surface area contributed by atoms with Gasteiger partial charge in [0.05, 0.1) is 44.2 Å². The number of methoxy groups -OCH3 is 1. The molecule has 2 aromatic heterocycles. The number of nitriles is 1. The monoisotopic (exact) mass is 683 g/mol. The van der Waals surface area contributed by atoms with Gasteiger partial charge in [0, 0.05) is 30.1 Å². The van der Waals surface area contributed by atoms with Crippen molar-refractivity contribution < 1.29 is 34.0 Å². The number of carboxylic acid groups (broad SMARTS) is 2. The normalized spacial score (nSPS) is 15.6. The summed E-state index contributed by atoms with van der Waals surface area (Å²) in [5.74, 6) is -0.296. The Morgan fingerprint density at radius 1 is 1.06 bits per heavy atom. The molecule has 3 N–H and O–H groups in total. The summed E-state index contributed by atoms with van der Waals surface area (Å²) in [5, 5.41) is 39.6. The van der Waals surface area contributed by atoms with Crippen LogP contribution in [0.5, 0.6) is 11.5 Å². The van der Waals surface area contributed by atoms with E-state index in [4.69, 9.17) is 24.4 Å². The molecule has 1 atom stereocenters. The third-order valence-electron chi connectivity index (χ3n) is 8.23. The maximum Gasteiger partial charge on any atom is 0.328 e. The van der Waals surface area contributed by atoms with Crippen LogP contribution >= 0.6 is 0 Å². The Morgan fingerprint density at radius 3 is 2.36 bits per heavy atom. The Labute approximate surface area is 287 Å². The predicted molar refractivity (Wildman–Crippen MR) is 179 cm³/mol. The molecule has 2 aromatic carbocycles. The molecular weight excluding hydrogens is 646 g/mol. The zero-order valence-electron chi connectivity index (χ0n) is 27.5. The van der Waals surface area contributed by atoms with Crippen LogP contribution < -0.4 is 14.8 Å². The fourth-order valence-corrected chi connectivity index (χ4v) is 5.57. The van der Waals surface area contributed by atoms with E-state index in [1.165, 1.54) is 11.9 Å². The second kappa shape index (κ2) is 17.0. The molecule has 2 saturated heterocycles. The molecule has 0 radical (unpaired) electrons. The topological polar surface area (TPSA) is 211 Å². The number of hydrogen-bond acceptors (Lipinski definition) is 13. The van der Waals surface area contributed by atoms with Gasteiger partial charge in [-0.15, -0.1) is 5.10 Å². The van der Waals surface area contributed by atoms with Gasteiger partial charge < -0.3 is 29.7 Å². The number of rotatable bonds is 12. The number of benzene rings is 2. The highest BCUT2D eigenvalue weighted by Crippen LogP contribution is 2.36. The third-order valence-corrected chi connectivity index (χ3v) is 8.23. The summed E-state index contributed by atoms with van der Waals surface area (Å²) >= 11 is 0. The predicted octanol–water partition coefficient (Wildman–Crippen LogP) is 3.51. The Balaban J connectivity index is 0.000000544. The SMILES string of the molecule is COc1cc(C2CCN(C3COC3)CC2)ccc1Nc1ncc(-c2ccc(C#N)c(O[C@@H](C)Cn3cnnn3)c2)cn1.O=C(O)/C=C/C(=O)O. The summed E-state index contributed by atoms with van der Waals surface area (Å²) < 4.78 is 18.7. The fraction of sp³-hybridized carbons (Fsp3) is 0.353. The van der Waals surface area contributed by atoms with E-state index in [0.717, 1.165) is 61.7 Å². The number of anilines is 2. The van der Waals surface area contributed by atoms with E-state index >= 15 is 0 Å². The van der Waals surface area contributed by atoms with Gasteiger partial charge in [-0.3, -0.25) is 4.90 Å². The van der Waals surface area contributed by atoms with Crippen molar-refractivity contribution in [3.63, 3.8) is 0 Å². The maximum atomic E-state index is 9.58. The number of aromatic nitrogens is 6. The molecule has 16 heteroatoms. The van der Waals surface area contributed by atoms with Gasteiger partial charge in [0.25, 0.3) is 0 Å². The van der Waals surface area contributed by atoms with Crippen LogP contribution in [0.25, 0.3) is 11.1 Å². The first-order valence-electron chi connectivity index (χ1n) is 15.9. The van der Waals surface area contributed by atoms with Gasteiger partial charge in [-0.1, -0.05) is 12.1 Å². The average molecular weight is 684 g/mol. The second-order valence-electron chi connectivity index (χ2n) is 11.7. The van der Waals surface area contributed by atoms with E-state index in [1.54, 1.807) is 30.3 Å². The van der Waals surface area contributed by atoms with Crippen LogP contribution in [0, 0.1) is 11.3 Å². The molecule has 2 fully saturated rings. The molecule has 4 aromatic rings. The first-order chi connectivity index (χ1) is 24.2. The van der Waals surface area contributed by atoms with E-state index in [0.29, 0.717) is 47.9 Å². The third kappa shape index (κ3) is 9.58. The lowest BCUT2D eigenvalue weighted by atomic mass is 9.88. The summed E-state index contributed by atoms with van der Waals surface area (Å²) in [4.78, 5) is 30.7. The summed E-state index contributed by atoms with van der Waals surface area (Å²) in [7, 11) is 1.68. The summed E-state index contributed by atoms with van der Waals surface area (Å²) in [5.41, 5.74) is 4.18. The Bertz CT molecular complexity index is 1800. The smallest absolute Gasteiger partial charge is 0.328 e. The lowest BCUT2D eigenvalue weighted by Gasteiger charge is -2.41. The number of carbonyl (C=O) groups is 2. The molecule has 0 amide bonds. The van der Waals surface area contributed by atoms with E-state index in [-0.39, 0.29) is 6.10 Å². The minimum Gasteiger partial charge on any atom is -0.495 e. The van der Waals surface area contributed by atoms with Crippen molar-refractivity contribution in [3.8, 4) is 28.7 Å². The molecular formula is C34H37N9O7. The zero-order valence-corrected chi connectivity index (χ0v) is 27.5. The van der Waals surface area contributed by atoms with Gasteiger partial charge in [0.15, 0.2) is 0 Å². The molecule has 0 bridgehead atoms. The van der Waals surface area contributed by atoms with Crippen LogP contribution in [-0.4, -0.2) is 103 Å². The molecule has 260 valence electrons. The van der Waals surface area contributed by atoms with Crippen molar-refractivity contribution in [2.45, 2.75) is 44.4 Å². The standard InChI is InChI=1S/C30H33N9O3.C4H4O4/c1-20(16-39-19-34-36-37-39)42-28-11-23(3-4-24(28)13-31)25-14-32-30(33-15-25)35-27-6-5-22(12-29(27)40-2)21-7-9-38(10-8-21)26-17-41-18-26;5-3(6)1-2-4(7)8/h3-6,11-12,14-15,19-21,26H,7-10,16-18H2,1-2H3,(H,32,33,35);1-2H,(H,5,6)(H,7,8)/b;2-1+/t20-;/m0./s1. The largest absolute Gasteiger partial charge is 0.495 e. The van der Waals surface area contributed by atoms with Crippen molar-refractivity contribution in [2.75, 3.05) is 38.7 Å². The minimum atomic E-state index is -1.26. The van der Waals surface area contributed by atoms with E-state index in [2.05, 4.69) is 53.9 Å². The van der Waals surface area contributed by atoms with E-state index in [1.807, 2.05) is 25.1 Å². The molecule has 50 heavy (non-hydrogen) atoms. The van der Waals surface area contributed by atoms with Gasteiger partial charge in [0.1, 0.15) is 30.0 Å². The number of nitrogens with zero attached hydrogens (tertiary/aromatic N) is 8. The molecule has 0 spiro atoms. The van der Waals surface area contributed by atoms with Crippen LogP contribution in [-0.2, 0) is 20.9 Å². The molecule has 2 aliphatic rings. The van der Waals surface area contributed by atoms with Gasteiger partial charge in [0.2, 0.25) is 5.95 Å². The van der Waals surface area contributed by atoms with Crippen molar-refractivity contribution in [1.82, 2.24) is 35.1 Å². The summed E-state index contributed by atoms with van der Waals surface area (Å²) in [6.45, 7) is 6.30. The van der Waals surface area contributed by atoms with Crippen LogP contribution in [0.4, 0.5) is 11.6 Å². The Morgan fingerprint density at radius 2 is 1.78 bits per heavy atom. The van der Waals surface area contributed by atoms with Crippen LogP contribution in [0.15, 0.2) is 67.3 Å². The Kier molecular flexibility index (Phi) is 12.0. The van der Waals surface area contributed by atoms with Crippen LogP contribution in [0.3, 0.4) is 0 Å². The molecule has 0 saturated carbocycles. The summed E-state index contributed by atoms with van der Waals surface area (Å²) in [6.07, 6.45) is 8.14. The van der Waals surface area contributed by atoms with Crippen molar-refractivity contribution in [2.24, 2.45) is 0 Å². The van der Waals surface area contributed by atoms with Gasteiger partial charge in [-0.05, 0) is 84.6 Å². The number of tetrazole rings is 1. The number of carboxylic acids is 2. The van der Waals surface area contributed by atoms with Crippen LogP contribution in [0.1, 0.15) is 36.8 Å². The van der Waals surface area contributed by atoms with E-state index in [9.17, 15) is 14.9 Å². The lowest BCUT2D eigenvalue weighted by molar-refractivity contribution is -0.134. The fourth-order valence-electron chi connectivity index (χ4n) is 5.57. The summed E-state index contributed by atoms with van der Waals surface area (Å²) in [6, 6.07) is 14.5. The van der Waals surface area contributed by atoms with Gasteiger partial charge in [-0.25, -0.2) is 24.2 Å². The van der Waals surface area contributed by atoms with Crippen molar-refractivity contribution in [3.05, 3.63) is 78.4 Å². The highest BCUT2D eigenvalue weighted by molar-refractivity contribution is 5.89. The Hall–Kier alpha value is -5.92. The van der Waals surface area contributed by atoms with Gasteiger partial charge in [-0.2, -0.15) is 5.26 Å². The minimum absolute atomic E-state index is 0.254. The first-order valence-corrected chi connectivity index (χ1v) is 15.9. The second-order valence-corrected chi connectivity index (χ2v) is 11.7.